The zero-order chi connectivity index (χ0) is 17.9. The fourth-order valence-corrected chi connectivity index (χ4v) is 3.20. The quantitative estimate of drug-likeness (QED) is 0.730. The number of hydrogen-bond donors (Lipinski definition) is 1. The molecule has 4 rings (SSSR count). The predicted octanol–water partition coefficient (Wildman–Crippen LogP) is 4.31. The molecule has 0 bridgehead atoms. The molecule has 2 aromatic carbocycles. The van der Waals surface area contributed by atoms with E-state index >= 15 is 0 Å². The fraction of sp³-hybridized carbons (Fsp3) is 0.200. The molecule has 0 fully saturated rings. The summed E-state index contributed by atoms with van der Waals surface area (Å²) in [5.41, 5.74) is 3.86. The average Bonchev–Trinajstić information content (AvgIpc) is 3.30. The highest BCUT2D eigenvalue weighted by atomic mass is 35.5. The summed E-state index contributed by atoms with van der Waals surface area (Å²) in [6.07, 6.45) is 5.11. The standard InChI is InChI=1S/C20H18ClN3O2/c21-16-5-8-18(9-6-16)26-13-24-11-10-19(23-24)20(25)22-17-7-4-14-2-1-3-15(14)12-17/h4-12H,1-3,13H2,(H,22,25). The molecule has 5 nitrogen and oxygen atoms in total. The second-order valence-corrected chi connectivity index (χ2v) is 6.70. The number of nitrogens with one attached hydrogen (secondary N) is 1. The molecule has 1 aromatic heterocycles. The molecule has 132 valence electrons. The van der Waals surface area contributed by atoms with Gasteiger partial charge in [0.15, 0.2) is 12.4 Å². The van der Waals surface area contributed by atoms with Crippen LogP contribution in [-0.4, -0.2) is 15.7 Å². The zero-order valence-corrected chi connectivity index (χ0v) is 14.9. The zero-order valence-electron chi connectivity index (χ0n) is 14.1. The Labute approximate surface area is 156 Å². The van der Waals surface area contributed by atoms with E-state index in [0.717, 1.165) is 18.5 Å². The Morgan fingerprint density at radius 2 is 1.92 bits per heavy atom. The Hall–Kier alpha value is -2.79. The van der Waals surface area contributed by atoms with Crippen LogP contribution in [0.3, 0.4) is 0 Å². The van der Waals surface area contributed by atoms with Crippen molar-refractivity contribution in [3.63, 3.8) is 0 Å². The first-order chi connectivity index (χ1) is 12.7. The third kappa shape index (κ3) is 3.73. The van der Waals surface area contributed by atoms with Crippen LogP contribution in [0.4, 0.5) is 5.69 Å². The highest BCUT2D eigenvalue weighted by Crippen LogP contribution is 2.25. The number of amides is 1. The first kappa shape index (κ1) is 16.7. The molecule has 0 radical (unpaired) electrons. The first-order valence-corrected chi connectivity index (χ1v) is 8.90. The lowest BCUT2D eigenvalue weighted by molar-refractivity contribution is 0.102. The third-order valence-corrected chi connectivity index (χ3v) is 4.66. The number of aromatic nitrogens is 2. The Balaban J connectivity index is 1.37. The van der Waals surface area contributed by atoms with Crippen LogP contribution >= 0.6 is 11.6 Å². The van der Waals surface area contributed by atoms with Gasteiger partial charge in [0.1, 0.15) is 5.75 Å². The third-order valence-electron chi connectivity index (χ3n) is 4.41. The lowest BCUT2D eigenvalue weighted by Gasteiger charge is -2.07. The minimum Gasteiger partial charge on any atom is -0.471 e. The maximum atomic E-state index is 12.4. The molecule has 0 saturated carbocycles. The molecule has 0 saturated heterocycles. The van der Waals surface area contributed by atoms with Crippen LogP contribution in [-0.2, 0) is 19.6 Å². The maximum Gasteiger partial charge on any atom is 0.276 e. The largest absolute Gasteiger partial charge is 0.471 e. The monoisotopic (exact) mass is 367 g/mol. The average molecular weight is 368 g/mol. The number of rotatable bonds is 5. The van der Waals surface area contributed by atoms with Crippen molar-refractivity contribution in [2.24, 2.45) is 0 Å². The predicted molar refractivity (Wildman–Crippen MR) is 101 cm³/mol. The van der Waals surface area contributed by atoms with E-state index in [4.69, 9.17) is 16.3 Å². The van der Waals surface area contributed by atoms with Gasteiger partial charge in [-0.3, -0.25) is 4.79 Å². The van der Waals surface area contributed by atoms with Gasteiger partial charge in [0, 0.05) is 16.9 Å². The number of nitrogens with zero attached hydrogens (tertiary/aromatic N) is 2. The van der Waals surface area contributed by atoms with Gasteiger partial charge >= 0.3 is 0 Å². The summed E-state index contributed by atoms with van der Waals surface area (Å²) in [6.45, 7) is 0.216. The van der Waals surface area contributed by atoms with Gasteiger partial charge in [-0.05, 0) is 72.9 Å². The van der Waals surface area contributed by atoms with Crippen LogP contribution < -0.4 is 10.1 Å². The fourth-order valence-electron chi connectivity index (χ4n) is 3.07. The van der Waals surface area contributed by atoms with Gasteiger partial charge < -0.3 is 10.1 Å². The lowest BCUT2D eigenvalue weighted by Crippen LogP contribution is -2.14. The Morgan fingerprint density at radius 1 is 1.12 bits per heavy atom. The summed E-state index contributed by atoms with van der Waals surface area (Å²) < 4.78 is 7.19. The number of carbonyl (C=O) groups excluding carboxylic acids is 1. The number of benzene rings is 2. The summed E-state index contributed by atoms with van der Waals surface area (Å²) in [7, 11) is 0. The number of halogens is 1. The van der Waals surface area contributed by atoms with Gasteiger partial charge in [0.2, 0.25) is 0 Å². The molecule has 1 N–H and O–H groups in total. The van der Waals surface area contributed by atoms with Crippen LogP contribution in [0.2, 0.25) is 5.02 Å². The first-order valence-electron chi connectivity index (χ1n) is 8.52. The summed E-state index contributed by atoms with van der Waals surface area (Å²) in [6, 6.07) is 14.9. The van der Waals surface area contributed by atoms with Crippen molar-refractivity contribution in [3.8, 4) is 5.75 Å². The van der Waals surface area contributed by atoms with Crippen LogP contribution in [0, 0.1) is 0 Å². The van der Waals surface area contributed by atoms with Gasteiger partial charge in [-0.1, -0.05) is 17.7 Å². The van der Waals surface area contributed by atoms with Gasteiger partial charge in [0.05, 0.1) is 0 Å². The molecule has 0 unspecified atom stereocenters. The normalized spacial score (nSPS) is 12.7. The van der Waals surface area contributed by atoms with Crippen LogP contribution in [0.15, 0.2) is 54.7 Å². The van der Waals surface area contributed by atoms with E-state index in [2.05, 4.69) is 22.5 Å². The molecule has 6 heteroatoms. The van der Waals surface area contributed by atoms with Gasteiger partial charge in [0.25, 0.3) is 5.91 Å². The molecule has 0 atom stereocenters. The van der Waals surface area contributed by atoms with Crippen molar-refractivity contribution in [3.05, 3.63) is 76.6 Å². The van der Waals surface area contributed by atoms with E-state index in [1.54, 1.807) is 41.2 Å². The summed E-state index contributed by atoms with van der Waals surface area (Å²) in [4.78, 5) is 12.4. The molecule has 3 aromatic rings. The van der Waals surface area contributed by atoms with Gasteiger partial charge in [-0.2, -0.15) is 5.10 Å². The molecule has 0 spiro atoms. The Morgan fingerprint density at radius 3 is 2.77 bits per heavy atom. The van der Waals surface area contributed by atoms with E-state index in [0.29, 0.717) is 16.5 Å². The van der Waals surface area contributed by atoms with E-state index in [9.17, 15) is 4.79 Å². The molecule has 1 aliphatic carbocycles. The molecular weight excluding hydrogens is 350 g/mol. The summed E-state index contributed by atoms with van der Waals surface area (Å²) >= 11 is 5.85. The SMILES string of the molecule is O=C(Nc1ccc2c(c1)CCC2)c1ccn(COc2ccc(Cl)cc2)n1. The second-order valence-electron chi connectivity index (χ2n) is 6.26. The van der Waals surface area contributed by atoms with Crippen molar-refractivity contribution < 1.29 is 9.53 Å². The number of ether oxygens (including phenoxy) is 1. The summed E-state index contributed by atoms with van der Waals surface area (Å²) in [5, 5.41) is 7.83. The van der Waals surface area contributed by atoms with E-state index in [-0.39, 0.29) is 12.6 Å². The molecule has 1 heterocycles. The second kappa shape index (κ2) is 7.22. The van der Waals surface area contributed by atoms with Gasteiger partial charge in [-0.25, -0.2) is 4.68 Å². The number of fused-ring (bicyclic) bond motifs is 1. The van der Waals surface area contributed by atoms with Gasteiger partial charge in [-0.15, -0.1) is 0 Å². The van der Waals surface area contributed by atoms with Crippen LogP contribution in [0.1, 0.15) is 28.0 Å². The molecular formula is C20H18ClN3O2. The molecule has 1 aliphatic rings. The smallest absolute Gasteiger partial charge is 0.276 e. The Bertz CT molecular complexity index is 934. The highest BCUT2D eigenvalue weighted by molar-refractivity contribution is 6.30. The molecule has 26 heavy (non-hydrogen) atoms. The van der Waals surface area contributed by atoms with Crippen molar-refractivity contribution in [2.75, 3.05) is 5.32 Å². The minimum absolute atomic E-state index is 0.216. The van der Waals surface area contributed by atoms with Crippen molar-refractivity contribution in [2.45, 2.75) is 26.0 Å². The van der Waals surface area contributed by atoms with Crippen molar-refractivity contribution in [1.29, 1.82) is 0 Å². The lowest BCUT2D eigenvalue weighted by atomic mass is 10.1. The highest BCUT2D eigenvalue weighted by Gasteiger charge is 2.14. The van der Waals surface area contributed by atoms with Crippen LogP contribution in [0.5, 0.6) is 5.75 Å². The van der Waals surface area contributed by atoms with E-state index < -0.39 is 0 Å². The minimum atomic E-state index is -0.229. The van der Waals surface area contributed by atoms with E-state index in [1.165, 1.54) is 17.5 Å². The topological polar surface area (TPSA) is 56.2 Å². The van der Waals surface area contributed by atoms with Crippen LogP contribution in [0.25, 0.3) is 0 Å². The Kier molecular flexibility index (Phi) is 4.63. The summed E-state index contributed by atoms with van der Waals surface area (Å²) in [5.74, 6) is 0.460. The van der Waals surface area contributed by atoms with Crippen molar-refractivity contribution in [1.82, 2.24) is 9.78 Å². The number of carbonyl (C=O) groups is 1. The maximum absolute atomic E-state index is 12.4. The number of aryl methyl sites for hydroxylation is 2. The van der Waals surface area contributed by atoms with E-state index in [1.807, 2.05) is 6.07 Å². The number of anilines is 1. The number of hydrogen-bond acceptors (Lipinski definition) is 3. The van der Waals surface area contributed by atoms with Crippen molar-refractivity contribution >= 4 is 23.2 Å². The molecule has 0 aliphatic heterocycles. The molecule has 1 amide bonds.